The number of rotatable bonds is 2. The van der Waals surface area contributed by atoms with E-state index in [-0.39, 0.29) is 17.3 Å². The van der Waals surface area contributed by atoms with Gasteiger partial charge in [0.1, 0.15) is 10.1 Å². The first kappa shape index (κ1) is 15.9. The van der Waals surface area contributed by atoms with Crippen LogP contribution in [0, 0.1) is 5.92 Å². The monoisotopic (exact) mass is 372 g/mol. The number of allylic oxidation sites excluding steroid dienone is 5. The predicted molar refractivity (Wildman–Crippen MR) is 92.7 cm³/mol. The van der Waals surface area contributed by atoms with E-state index in [9.17, 15) is 14.7 Å². The normalized spacial score (nSPS) is 30.3. The molecule has 1 aromatic carbocycles. The molecule has 118 valence electrons. The second-order valence-electron chi connectivity index (χ2n) is 6.01. The van der Waals surface area contributed by atoms with Crippen LogP contribution in [-0.4, -0.2) is 21.0 Å². The molecule has 0 aliphatic heterocycles. The number of carbonyl (C=O) groups excluding carboxylic acids is 2. The smallest absolute Gasteiger partial charge is 0.174 e. The molecule has 0 spiro atoms. The van der Waals surface area contributed by atoms with Gasteiger partial charge in [0.2, 0.25) is 0 Å². The van der Waals surface area contributed by atoms with Gasteiger partial charge in [-0.05, 0) is 36.6 Å². The molecule has 0 radical (unpaired) electrons. The number of hydrogen-bond donors (Lipinski definition) is 1. The first-order valence-electron chi connectivity index (χ1n) is 7.47. The maximum atomic E-state index is 12.8. The molecule has 0 saturated heterocycles. The zero-order valence-electron chi connectivity index (χ0n) is 12.8. The minimum atomic E-state index is -1.08. The summed E-state index contributed by atoms with van der Waals surface area (Å²) >= 11 is 3.61. The van der Waals surface area contributed by atoms with E-state index in [1.54, 1.807) is 31.2 Å². The van der Waals surface area contributed by atoms with Crippen molar-refractivity contribution < 1.29 is 14.7 Å². The van der Waals surface area contributed by atoms with Gasteiger partial charge < -0.3 is 5.11 Å². The van der Waals surface area contributed by atoms with Gasteiger partial charge >= 0.3 is 0 Å². The van der Waals surface area contributed by atoms with Gasteiger partial charge in [0.05, 0.1) is 0 Å². The number of phenols is 1. The first-order chi connectivity index (χ1) is 10.9. The second-order valence-corrected chi connectivity index (χ2v) is 7.32. The molecule has 0 heterocycles. The lowest BCUT2D eigenvalue weighted by atomic mass is 9.62. The van der Waals surface area contributed by atoms with E-state index in [0.29, 0.717) is 17.6 Å². The third-order valence-corrected chi connectivity index (χ3v) is 6.16. The van der Waals surface area contributed by atoms with Gasteiger partial charge in [-0.3, -0.25) is 9.59 Å². The lowest BCUT2D eigenvalue weighted by Crippen LogP contribution is -2.52. The zero-order chi connectivity index (χ0) is 16.8. The van der Waals surface area contributed by atoms with Crippen molar-refractivity contribution in [2.45, 2.75) is 23.6 Å². The van der Waals surface area contributed by atoms with Gasteiger partial charge in [-0.2, -0.15) is 0 Å². The van der Waals surface area contributed by atoms with Crippen LogP contribution in [0.2, 0.25) is 0 Å². The third kappa shape index (κ3) is 2.24. The second kappa shape index (κ2) is 5.60. The van der Waals surface area contributed by atoms with Crippen LogP contribution >= 0.6 is 15.9 Å². The van der Waals surface area contributed by atoms with Crippen LogP contribution in [0.15, 0.2) is 60.2 Å². The molecule has 3 nitrogen and oxygen atoms in total. The van der Waals surface area contributed by atoms with E-state index >= 15 is 0 Å². The molecule has 0 amide bonds. The highest BCUT2D eigenvalue weighted by atomic mass is 79.9. The Balaban J connectivity index is 2.26. The Bertz CT molecular complexity index is 775. The van der Waals surface area contributed by atoms with Crippen molar-refractivity contribution in [2.24, 2.45) is 5.92 Å². The van der Waals surface area contributed by atoms with Gasteiger partial charge in [0.25, 0.3) is 0 Å². The molecule has 1 aromatic rings. The number of Topliss-reactive ketones (excluding diaryl/α,β-unsaturated/α-hetero) is 1. The molecule has 1 N–H and O–H groups in total. The molecular weight excluding hydrogens is 356 g/mol. The summed E-state index contributed by atoms with van der Waals surface area (Å²) in [7, 11) is 0. The third-order valence-electron chi connectivity index (χ3n) is 4.76. The Morgan fingerprint density at radius 2 is 2.04 bits per heavy atom. The van der Waals surface area contributed by atoms with E-state index in [0.717, 1.165) is 5.57 Å². The number of hydrogen-bond acceptors (Lipinski definition) is 3. The van der Waals surface area contributed by atoms with E-state index in [4.69, 9.17) is 0 Å². The number of ketones is 2. The zero-order valence-corrected chi connectivity index (χ0v) is 14.3. The fourth-order valence-corrected chi connectivity index (χ4v) is 4.61. The van der Waals surface area contributed by atoms with Crippen LogP contribution in [0.25, 0.3) is 0 Å². The number of halogens is 1. The molecule has 0 bridgehead atoms. The molecule has 0 fully saturated rings. The van der Waals surface area contributed by atoms with Crippen molar-refractivity contribution in [2.75, 3.05) is 0 Å². The lowest BCUT2D eigenvalue weighted by Gasteiger charge is -2.45. The Kier molecular flexibility index (Phi) is 3.88. The molecule has 23 heavy (non-hydrogen) atoms. The van der Waals surface area contributed by atoms with Crippen molar-refractivity contribution in [1.82, 2.24) is 0 Å². The molecule has 4 heteroatoms. The number of phenolic OH excluding ortho intramolecular Hbond substituents is 1. The van der Waals surface area contributed by atoms with Crippen molar-refractivity contribution in [3.05, 3.63) is 65.8 Å². The average Bonchev–Trinajstić information content (AvgIpc) is 2.53. The molecule has 0 saturated carbocycles. The molecule has 2 aliphatic rings. The highest BCUT2D eigenvalue weighted by Gasteiger charge is 2.56. The summed E-state index contributed by atoms with van der Waals surface area (Å²) in [6, 6.07) is 6.92. The van der Waals surface area contributed by atoms with Gasteiger partial charge in [-0.1, -0.05) is 52.9 Å². The summed E-state index contributed by atoms with van der Waals surface area (Å²) in [5, 5.41) is 10.3. The number of benzene rings is 1. The van der Waals surface area contributed by atoms with Gasteiger partial charge in [-0.15, -0.1) is 0 Å². The van der Waals surface area contributed by atoms with Gasteiger partial charge in [0, 0.05) is 17.4 Å². The maximum absolute atomic E-state index is 12.8. The summed E-state index contributed by atoms with van der Waals surface area (Å²) in [6.07, 6.45) is 5.52. The standard InChI is InChI=1S/C19H17BrO3/c1-3-12-8-9-14-18(23)11(2)10-16(22)19(14,20)17(12)13-6-4-5-7-15(13)21/h3-8,10,14,17,21H,1,9H2,2H3. The van der Waals surface area contributed by atoms with Crippen molar-refractivity contribution in [1.29, 1.82) is 0 Å². The molecule has 3 atom stereocenters. The highest BCUT2D eigenvalue weighted by Crippen LogP contribution is 2.55. The number of para-hydroxylation sites is 1. The van der Waals surface area contributed by atoms with Crippen molar-refractivity contribution in [3.8, 4) is 5.75 Å². The minimum absolute atomic E-state index is 0.0266. The topological polar surface area (TPSA) is 54.4 Å². The van der Waals surface area contributed by atoms with Crippen LogP contribution in [0.1, 0.15) is 24.8 Å². The Morgan fingerprint density at radius 3 is 2.70 bits per heavy atom. The highest BCUT2D eigenvalue weighted by molar-refractivity contribution is 9.10. The van der Waals surface area contributed by atoms with Gasteiger partial charge in [0.15, 0.2) is 11.6 Å². The molecular formula is C19H17BrO3. The minimum Gasteiger partial charge on any atom is -0.508 e. The fourth-order valence-electron chi connectivity index (χ4n) is 3.59. The molecule has 0 aromatic heterocycles. The Labute approximate surface area is 143 Å². The van der Waals surface area contributed by atoms with Crippen molar-refractivity contribution in [3.63, 3.8) is 0 Å². The van der Waals surface area contributed by atoms with Gasteiger partial charge in [-0.25, -0.2) is 0 Å². The SMILES string of the molecule is C=CC1=CCC2C(=O)C(C)=CC(=O)C2(Br)C1c1ccccc1O. The fraction of sp³-hybridized carbons (Fsp3) is 0.263. The first-order valence-corrected chi connectivity index (χ1v) is 8.26. The van der Waals surface area contributed by atoms with E-state index in [2.05, 4.69) is 22.5 Å². The number of fused-ring (bicyclic) bond motifs is 1. The van der Waals surface area contributed by atoms with Crippen LogP contribution in [0.4, 0.5) is 0 Å². The largest absolute Gasteiger partial charge is 0.508 e. The molecule has 2 aliphatic carbocycles. The molecule has 3 rings (SSSR count). The number of aromatic hydroxyl groups is 1. The van der Waals surface area contributed by atoms with Crippen LogP contribution in [0.3, 0.4) is 0 Å². The summed E-state index contributed by atoms with van der Waals surface area (Å²) in [5.74, 6) is -0.994. The van der Waals surface area contributed by atoms with Crippen LogP contribution < -0.4 is 0 Å². The van der Waals surface area contributed by atoms with E-state index in [1.807, 2.05) is 12.1 Å². The molecule has 3 unspecified atom stereocenters. The van der Waals surface area contributed by atoms with E-state index in [1.165, 1.54) is 6.08 Å². The van der Waals surface area contributed by atoms with E-state index < -0.39 is 16.2 Å². The number of alkyl halides is 1. The summed E-state index contributed by atoms with van der Waals surface area (Å²) in [5.41, 5.74) is 1.95. The summed E-state index contributed by atoms with van der Waals surface area (Å²) in [4.78, 5) is 25.4. The van der Waals surface area contributed by atoms with Crippen LogP contribution in [0.5, 0.6) is 5.75 Å². The number of carbonyl (C=O) groups is 2. The Morgan fingerprint density at radius 1 is 1.35 bits per heavy atom. The Hall–Kier alpha value is -1.94. The summed E-state index contributed by atoms with van der Waals surface area (Å²) in [6.45, 7) is 5.51. The van der Waals surface area contributed by atoms with Crippen molar-refractivity contribution >= 4 is 27.5 Å². The lowest BCUT2D eigenvalue weighted by molar-refractivity contribution is -0.128. The summed E-state index contributed by atoms with van der Waals surface area (Å²) < 4.78 is -1.08. The quantitative estimate of drug-likeness (QED) is 0.802. The predicted octanol–water partition coefficient (Wildman–Crippen LogP) is 3.84. The average molecular weight is 373 g/mol. The maximum Gasteiger partial charge on any atom is 0.174 e. The van der Waals surface area contributed by atoms with Crippen LogP contribution in [-0.2, 0) is 9.59 Å².